The van der Waals surface area contributed by atoms with Crippen molar-refractivity contribution in [2.24, 2.45) is 17.3 Å². The molecule has 1 amide bonds. The molecule has 1 heterocycles. The smallest absolute Gasteiger partial charge is 0.273 e. The van der Waals surface area contributed by atoms with Crippen molar-refractivity contribution in [3.05, 3.63) is 63.9 Å². The fraction of sp³-hybridized carbons (Fsp3) is 0.400. The Morgan fingerprint density at radius 1 is 1.03 bits per heavy atom. The SMILES string of the molecule is CC(C)(C)C1CCC(C(=O)Nn2c(-c3ccc(Cl)cc3)nc3ccccc3c2=O)CC1. The molecule has 162 valence electrons. The Morgan fingerprint density at radius 3 is 2.32 bits per heavy atom. The molecule has 0 unspecified atom stereocenters. The van der Waals surface area contributed by atoms with Crippen LogP contribution in [0.25, 0.3) is 22.3 Å². The molecule has 4 rings (SSSR count). The van der Waals surface area contributed by atoms with E-state index in [-0.39, 0.29) is 22.8 Å². The van der Waals surface area contributed by atoms with E-state index in [0.717, 1.165) is 25.7 Å². The molecule has 0 radical (unpaired) electrons. The Morgan fingerprint density at radius 2 is 1.68 bits per heavy atom. The van der Waals surface area contributed by atoms with Gasteiger partial charge in [0.15, 0.2) is 5.82 Å². The molecule has 31 heavy (non-hydrogen) atoms. The van der Waals surface area contributed by atoms with Gasteiger partial charge in [0.05, 0.1) is 10.9 Å². The van der Waals surface area contributed by atoms with E-state index in [9.17, 15) is 9.59 Å². The molecule has 0 atom stereocenters. The van der Waals surface area contributed by atoms with Gasteiger partial charge < -0.3 is 0 Å². The third kappa shape index (κ3) is 4.52. The summed E-state index contributed by atoms with van der Waals surface area (Å²) in [7, 11) is 0. The molecule has 0 aliphatic heterocycles. The first kappa shape index (κ1) is 21.6. The van der Waals surface area contributed by atoms with Gasteiger partial charge in [-0.05, 0) is 73.4 Å². The van der Waals surface area contributed by atoms with Crippen LogP contribution in [0.5, 0.6) is 0 Å². The molecule has 0 spiro atoms. The number of amides is 1. The molecule has 2 aromatic carbocycles. The highest BCUT2D eigenvalue weighted by Gasteiger charge is 2.32. The van der Waals surface area contributed by atoms with Crippen molar-refractivity contribution in [3.63, 3.8) is 0 Å². The van der Waals surface area contributed by atoms with Gasteiger partial charge in [-0.3, -0.25) is 15.0 Å². The first-order chi connectivity index (χ1) is 14.7. The molecular formula is C25H28ClN3O2. The third-order valence-corrected chi connectivity index (χ3v) is 6.67. The van der Waals surface area contributed by atoms with Crippen LogP contribution in [0, 0.1) is 17.3 Å². The Bertz CT molecular complexity index is 1150. The predicted octanol–water partition coefficient (Wildman–Crippen LogP) is 5.64. The Kier molecular flexibility index (Phi) is 5.89. The van der Waals surface area contributed by atoms with Gasteiger partial charge in [0.25, 0.3) is 5.56 Å². The standard InChI is InChI=1S/C25H28ClN3O2/c1-25(2,3)18-12-8-17(9-13-18)23(30)28-29-22(16-10-14-19(26)15-11-16)27-21-7-5-4-6-20(21)24(29)31/h4-7,10-11,14-15,17-18H,8-9,12-13H2,1-3H3,(H,28,30). The molecule has 1 saturated carbocycles. The Balaban J connectivity index is 1.67. The average molecular weight is 438 g/mol. The average Bonchev–Trinajstić information content (AvgIpc) is 2.75. The predicted molar refractivity (Wildman–Crippen MR) is 126 cm³/mol. The van der Waals surface area contributed by atoms with Crippen molar-refractivity contribution in [2.75, 3.05) is 5.43 Å². The fourth-order valence-corrected chi connectivity index (χ4v) is 4.58. The van der Waals surface area contributed by atoms with Gasteiger partial charge in [0.1, 0.15) is 0 Å². The number of carbonyl (C=O) groups is 1. The second kappa shape index (κ2) is 8.46. The molecular weight excluding hydrogens is 410 g/mol. The molecule has 5 nitrogen and oxygen atoms in total. The lowest BCUT2D eigenvalue weighted by atomic mass is 9.70. The molecule has 1 N–H and O–H groups in total. The topological polar surface area (TPSA) is 64.0 Å². The van der Waals surface area contributed by atoms with E-state index in [0.29, 0.717) is 33.2 Å². The van der Waals surface area contributed by atoms with E-state index in [2.05, 4.69) is 31.2 Å². The zero-order valence-electron chi connectivity index (χ0n) is 18.2. The number of nitrogens with one attached hydrogen (secondary N) is 1. The Hall–Kier alpha value is -2.66. The van der Waals surface area contributed by atoms with Crippen LogP contribution in [-0.2, 0) is 4.79 Å². The molecule has 1 aromatic heterocycles. The van der Waals surface area contributed by atoms with Gasteiger partial charge in [0.2, 0.25) is 5.91 Å². The summed E-state index contributed by atoms with van der Waals surface area (Å²) in [4.78, 5) is 31.1. The second-order valence-electron chi connectivity index (χ2n) is 9.49. The lowest BCUT2D eigenvalue weighted by Gasteiger charge is -2.36. The molecule has 1 aliphatic carbocycles. The summed E-state index contributed by atoms with van der Waals surface area (Å²) in [5.41, 5.74) is 4.15. The van der Waals surface area contributed by atoms with Gasteiger partial charge >= 0.3 is 0 Å². The first-order valence-corrected chi connectivity index (χ1v) is 11.2. The minimum absolute atomic E-state index is 0.102. The minimum atomic E-state index is -0.285. The van der Waals surface area contributed by atoms with E-state index >= 15 is 0 Å². The number of rotatable bonds is 3. The van der Waals surface area contributed by atoms with E-state index in [1.54, 1.807) is 42.5 Å². The number of para-hydroxylation sites is 1. The van der Waals surface area contributed by atoms with Crippen molar-refractivity contribution in [2.45, 2.75) is 46.5 Å². The minimum Gasteiger partial charge on any atom is -0.273 e. The van der Waals surface area contributed by atoms with Gasteiger partial charge in [-0.2, -0.15) is 4.68 Å². The maximum Gasteiger partial charge on any atom is 0.280 e. The summed E-state index contributed by atoms with van der Waals surface area (Å²) < 4.78 is 1.30. The highest BCUT2D eigenvalue weighted by Crippen LogP contribution is 2.39. The maximum atomic E-state index is 13.3. The highest BCUT2D eigenvalue weighted by atomic mass is 35.5. The number of fused-ring (bicyclic) bond motifs is 1. The van der Waals surface area contributed by atoms with Crippen LogP contribution < -0.4 is 11.0 Å². The van der Waals surface area contributed by atoms with Crippen molar-refractivity contribution in [1.29, 1.82) is 0 Å². The fourth-order valence-electron chi connectivity index (χ4n) is 4.45. The molecule has 3 aromatic rings. The monoisotopic (exact) mass is 437 g/mol. The second-order valence-corrected chi connectivity index (χ2v) is 9.93. The number of carbonyl (C=O) groups excluding carboxylic acids is 1. The van der Waals surface area contributed by atoms with Crippen molar-refractivity contribution >= 4 is 28.4 Å². The zero-order chi connectivity index (χ0) is 22.2. The van der Waals surface area contributed by atoms with Gasteiger partial charge in [0, 0.05) is 16.5 Å². The van der Waals surface area contributed by atoms with Crippen LogP contribution in [-0.4, -0.2) is 15.6 Å². The van der Waals surface area contributed by atoms with Crippen LogP contribution >= 0.6 is 11.6 Å². The van der Waals surface area contributed by atoms with Crippen LogP contribution in [0.1, 0.15) is 46.5 Å². The number of benzene rings is 2. The van der Waals surface area contributed by atoms with Crippen molar-refractivity contribution in [1.82, 2.24) is 9.66 Å². The molecule has 1 fully saturated rings. The van der Waals surface area contributed by atoms with E-state index < -0.39 is 0 Å². The van der Waals surface area contributed by atoms with E-state index in [4.69, 9.17) is 11.6 Å². The molecule has 0 bridgehead atoms. The Labute approximate surface area is 187 Å². The summed E-state index contributed by atoms with van der Waals surface area (Å²) >= 11 is 6.04. The number of aromatic nitrogens is 2. The summed E-state index contributed by atoms with van der Waals surface area (Å²) in [6, 6.07) is 14.3. The summed E-state index contributed by atoms with van der Waals surface area (Å²) in [6.45, 7) is 6.78. The largest absolute Gasteiger partial charge is 0.280 e. The zero-order valence-corrected chi connectivity index (χ0v) is 18.9. The van der Waals surface area contributed by atoms with Crippen LogP contribution in [0.4, 0.5) is 0 Å². The lowest BCUT2D eigenvalue weighted by Crippen LogP contribution is -2.39. The van der Waals surface area contributed by atoms with E-state index in [1.807, 2.05) is 6.07 Å². The summed E-state index contributed by atoms with van der Waals surface area (Å²) in [5.74, 6) is 0.792. The van der Waals surface area contributed by atoms with Crippen molar-refractivity contribution in [3.8, 4) is 11.4 Å². The summed E-state index contributed by atoms with van der Waals surface area (Å²) in [6.07, 6.45) is 3.71. The van der Waals surface area contributed by atoms with Crippen LogP contribution in [0.2, 0.25) is 5.02 Å². The van der Waals surface area contributed by atoms with Gasteiger partial charge in [-0.15, -0.1) is 0 Å². The number of hydrogen-bond donors (Lipinski definition) is 1. The highest BCUT2D eigenvalue weighted by molar-refractivity contribution is 6.30. The molecule has 6 heteroatoms. The first-order valence-electron chi connectivity index (χ1n) is 10.8. The number of hydrogen-bond acceptors (Lipinski definition) is 3. The lowest BCUT2D eigenvalue weighted by molar-refractivity contribution is -0.122. The van der Waals surface area contributed by atoms with E-state index in [1.165, 1.54) is 4.68 Å². The number of nitrogens with zero attached hydrogens (tertiary/aromatic N) is 2. The van der Waals surface area contributed by atoms with Crippen LogP contribution in [0.3, 0.4) is 0 Å². The molecule has 0 saturated heterocycles. The van der Waals surface area contributed by atoms with Gasteiger partial charge in [-0.25, -0.2) is 4.98 Å². The van der Waals surface area contributed by atoms with Gasteiger partial charge in [-0.1, -0.05) is 44.5 Å². The van der Waals surface area contributed by atoms with Crippen LogP contribution in [0.15, 0.2) is 53.3 Å². The third-order valence-electron chi connectivity index (χ3n) is 6.42. The maximum absolute atomic E-state index is 13.3. The summed E-state index contributed by atoms with van der Waals surface area (Å²) in [5, 5.41) is 1.06. The van der Waals surface area contributed by atoms with Crippen molar-refractivity contribution < 1.29 is 4.79 Å². The number of halogens is 1. The quantitative estimate of drug-likeness (QED) is 0.576. The normalized spacial score (nSPS) is 19.4. The molecule has 1 aliphatic rings.